The first-order valence-corrected chi connectivity index (χ1v) is 10.6. The van der Waals surface area contributed by atoms with Crippen molar-refractivity contribution in [1.29, 1.82) is 0 Å². The van der Waals surface area contributed by atoms with Gasteiger partial charge in [-0.3, -0.25) is 20.1 Å². The van der Waals surface area contributed by atoms with Gasteiger partial charge in [0.15, 0.2) is 0 Å². The Morgan fingerprint density at radius 1 is 1.11 bits per heavy atom. The lowest BCUT2D eigenvalue weighted by Gasteiger charge is -2.21. The van der Waals surface area contributed by atoms with Gasteiger partial charge in [0.05, 0.1) is 36.9 Å². The number of rotatable bonds is 7. The van der Waals surface area contributed by atoms with Crippen LogP contribution in [0.2, 0.25) is 0 Å². The lowest BCUT2D eigenvalue weighted by atomic mass is 10.0. The number of nitrogens with one attached hydrogen (secondary N) is 1. The first kappa shape index (κ1) is 25.2. The van der Waals surface area contributed by atoms with E-state index in [4.69, 9.17) is 14.2 Å². The SMILES string of the molecule is COC(=O)c1ccc(NC(=O)OC(C)(C)C)c(-c2c([N+](=O)[O-])cnn2Cc2ccc(OC)cc2)c1. The van der Waals surface area contributed by atoms with E-state index in [0.717, 1.165) is 11.8 Å². The van der Waals surface area contributed by atoms with Crippen LogP contribution in [0.4, 0.5) is 16.2 Å². The van der Waals surface area contributed by atoms with Crippen LogP contribution < -0.4 is 10.1 Å². The molecule has 3 rings (SSSR count). The molecule has 1 amide bonds. The molecule has 0 spiro atoms. The molecule has 11 heteroatoms. The number of hydrogen-bond acceptors (Lipinski definition) is 8. The van der Waals surface area contributed by atoms with Crippen molar-refractivity contribution in [3.8, 4) is 17.0 Å². The predicted octanol–water partition coefficient (Wildman–Crippen LogP) is 4.65. The molecule has 0 atom stereocenters. The number of nitrogens with zero attached hydrogens (tertiary/aromatic N) is 3. The number of hydrogen-bond donors (Lipinski definition) is 1. The summed E-state index contributed by atoms with van der Waals surface area (Å²) < 4.78 is 16.7. The topological polar surface area (TPSA) is 135 Å². The van der Waals surface area contributed by atoms with Gasteiger partial charge >= 0.3 is 17.7 Å². The van der Waals surface area contributed by atoms with Gasteiger partial charge in [0, 0.05) is 5.56 Å². The van der Waals surface area contributed by atoms with Crippen LogP contribution >= 0.6 is 0 Å². The third-order valence-corrected chi connectivity index (χ3v) is 4.84. The Kier molecular flexibility index (Phi) is 7.38. The lowest BCUT2D eigenvalue weighted by molar-refractivity contribution is -0.384. The quantitative estimate of drug-likeness (QED) is 0.292. The van der Waals surface area contributed by atoms with Crippen LogP contribution in [0, 0.1) is 10.1 Å². The highest BCUT2D eigenvalue weighted by molar-refractivity contribution is 5.97. The van der Waals surface area contributed by atoms with Gasteiger partial charge in [0.25, 0.3) is 0 Å². The van der Waals surface area contributed by atoms with Crippen molar-refractivity contribution in [3.05, 3.63) is 69.9 Å². The van der Waals surface area contributed by atoms with Crippen LogP contribution in [0.1, 0.15) is 36.7 Å². The van der Waals surface area contributed by atoms with Crippen LogP contribution in [-0.4, -0.2) is 46.6 Å². The maximum absolute atomic E-state index is 12.5. The summed E-state index contributed by atoms with van der Waals surface area (Å²) >= 11 is 0. The Morgan fingerprint density at radius 2 is 1.80 bits per heavy atom. The molecule has 11 nitrogen and oxygen atoms in total. The van der Waals surface area contributed by atoms with Gasteiger partial charge in [-0.25, -0.2) is 9.59 Å². The second kappa shape index (κ2) is 10.2. The molecular formula is C24H26N4O7. The largest absolute Gasteiger partial charge is 0.497 e. The van der Waals surface area contributed by atoms with Crippen LogP contribution in [0.5, 0.6) is 5.75 Å². The molecule has 1 heterocycles. The summed E-state index contributed by atoms with van der Waals surface area (Å²) in [6.45, 7) is 5.31. The number of carbonyl (C=O) groups excluding carboxylic acids is 2. The van der Waals surface area contributed by atoms with Gasteiger partial charge in [0.2, 0.25) is 0 Å². The van der Waals surface area contributed by atoms with E-state index in [1.807, 2.05) is 0 Å². The summed E-state index contributed by atoms with van der Waals surface area (Å²) in [5.74, 6) is 0.0222. The first-order chi connectivity index (χ1) is 16.5. The Hall–Kier alpha value is -4.41. The van der Waals surface area contributed by atoms with Crippen molar-refractivity contribution in [2.24, 2.45) is 0 Å². The summed E-state index contributed by atoms with van der Waals surface area (Å²) in [5, 5.41) is 18.7. The predicted molar refractivity (Wildman–Crippen MR) is 128 cm³/mol. The molecular weight excluding hydrogens is 456 g/mol. The van der Waals surface area contributed by atoms with Gasteiger partial charge in [-0.2, -0.15) is 5.10 Å². The molecule has 0 radical (unpaired) electrons. The summed E-state index contributed by atoms with van der Waals surface area (Å²) in [6.07, 6.45) is 0.370. The van der Waals surface area contributed by atoms with Crippen molar-refractivity contribution >= 4 is 23.4 Å². The van der Waals surface area contributed by atoms with Crippen molar-refractivity contribution in [3.63, 3.8) is 0 Å². The van der Waals surface area contributed by atoms with E-state index >= 15 is 0 Å². The van der Waals surface area contributed by atoms with Crippen molar-refractivity contribution < 1.29 is 28.7 Å². The molecule has 0 unspecified atom stereocenters. The van der Waals surface area contributed by atoms with Crippen LogP contribution in [0.15, 0.2) is 48.7 Å². The van der Waals surface area contributed by atoms with E-state index in [-0.39, 0.29) is 34.7 Å². The van der Waals surface area contributed by atoms with Crippen molar-refractivity contribution in [2.75, 3.05) is 19.5 Å². The number of benzene rings is 2. The molecule has 35 heavy (non-hydrogen) atoms. The van der Waals surface area contributed by atoms with Gasteiger partial charge < -0.3 is 14.2 Å². The third kappa shape index (κ3) is 6.14. The highest BCUT2D eigenvalue weighted by atomic mass is 16.6. The molecule has 2 aromatic carbocycles. The van der Waals surface area contributed by atoms with E-state index in [2.05, 4.69) is 10.4 Å². The fourth-order valence-corrected chi connectivity index (χ4v) is 3.32. The molecule has 1 N–H and O–H groups in total. The summed E-state index contributed by atoms with van der Waals surface area (Å²) in [5.41, 5.74) is 0.385. The average Bonchev–Trinajstić information content (AvgIpc) is 3.21. The molecule has 0 aliphatic rings. The van der Waals surface area contributed by atoms with E-state index in [1.54, 1.807) is 52.1 Å². The molecule has 0 fully saturated rings. The minimum atomic E-state index is -0.766. The molecule has 1 aromatic heterocycles. The van der Waals surface area contributed by atoms with Crippen LogP contribution in [-0.2, 0) is 16.0 Å². The highest BCUT2D eigenvalue weighted by Crippen LogP contribution is 2.36. The zero-order valence-electron chi connectivity index (χ0n) is 20.0. The Balaban J connectivity index is 2.14. The number of carbonyl (C=O) groups is 2. The number of aromatic nitrogens is 2. The molecule has 0 saturated heterocycles. The molecule has 3 aromatic rings. The summed E-state index contributed by atoms with van der Waals surface area (Å²) in [4.78, 5) is 36.0. The van der Waals surface area contributed by atoms with Crippen molar-refractivity contribution in [2.45, 2.75) is 32.9 Å². The number of methoxy groups -OCH3 is 2. The van der Waals surface area contributed by atoms with Gasteiger partial charge in [-0.05, 0) is 56.7 Å². The molecule has 0 aliphatic heterocycles. The second-order valence-electron chi connectivity index (χ2n) is 8.52. The summed E-state index contributed by atoms with van der Waals surface area (Å²) in [7, 11) is 2.78. The number of esters is 1. The minimum Gasteiger partial charge on any atom is -0.497 e. The molecule has 0 saturated carbocycles. The maximum atomic E-state index is 12.5. The second-order valence-corrected chi connectivity index (χ2v) is 8.52. The third-order valence-electron chi connectivity index (χ3n) is 4.84. The number of amides is 1. The van der Waals surface area contributed by atoms with E-state index in [1.165, 1.54) is 30.0 Å². The fourth-order valence-electron chi connectivity index (χ4n) is 3.32. The average molecular weight is 482 g/mol. The fraction of sp³-hybridized carbons (Fsp3) is 0.292. The molecule has 184 valence electrons. The van der Waals surface area contributed by atoms with E-state index in [0.29, 0.717) is 5.75 Å². The number of nitro groups is 1. The van der Waals surface area contributed by atoms with Crippen LogP contribution in [0.25, 0.3) is 11.3 Å². The number of ether oxygens (including phenoxy) is 3. The Bertz CT molecular complexity index is 1240. The molecule has 0 bridgehead atoms. The van der Waals surface area contributed by atoms with E-state index < -0.39 is 22.6 Å². The summed E-state index contributed by atoms with van der Waals surface area (Å²) in [6, 6.07) is 11.5. The standard InChI is InChI=1S/C24H26N4O7/c1-24(2,3)35-23(30)26-19-11-8-16(22(29)34-5)12-18(19)21-20(28(31)32)13-25-27(21)14-15-6-9-17(33-4)10-7-15/h6-13H,14H2,1-5H3,(H,26,30). The van der Waals surface area contributed by atoms with E-state index in [9.17, 15) is 19.7 Å². The Labute approximate surface area is 201 Å². The number of anilines is 1. The smallest absolute Gasteiger partial charge is 0.412 e. The normalized spacial score (nSPS) is 11.0. The molecule has 0 aliphatic carbocycles. The van der Waals surface area contributed by atoms with Gasteiger partial charge in [-0.15, -0.1) is 0 Å². The lowest BCUT2D eigenvalue weighted by Crippen LogP contribution is -2.27. The maximum Gasteiger partial charge on any atom is 0.412 e. The zero-order valence-corrected chi connectivity index (χ0v) is 20.0. The monoisotopic (exact) mass is 482 g/mol. The zero-order chi connectivity index (χ0) is 25.8. The van der Waals surface area contributed by atoms with Gasteiger partial charge in [-0.1, -0.05) is 12.1 Å². The van der Waals surface area contributed by atoms with Crippen LogP contribution in [0.3, 0.4) is 0 Å². The van der Waals surface area contributed by atoms with Gasteiger partial charge in [0.1, 0.15) is 23.2 Å². The first-order valence-electron chi connectivity index (χ1n) is 10.6. The minimum absolute atomic E-state index is 0.0997. The highest BCUT2D eigenvalue weighted by Gasteiger charge is 2.27. The Morgan fingerprint density at radius 3 is 2.37 bits per heavy atom. The van der Waals surface area contributed by atoms with Crippen molar-refractivity contribution in [1.82, 2.24) is 9.78 Å².